The van der Waals surface area contributed by atoms with Crippen LogP contribution in [-0.2, 0) is 38.6 Å². The van der Waals surface area contributed by atoms with Gasteiger partial charge in [0.1, 0.15) is 36.5 Å². The van der Waals surface area contributed by atoms with E-state index in [4.69, 9.17) is 16.2 Å². The normalized spacial score (nSPS) is 20.5. The van der Waals surface area contributed by atoms with Crippen LogP contribution in [0.1, 0.15) is 36.5 Å². The van der Waals surface area contributed by atoms with E-state index in [1.807, 2.05) is 72.8 Å². The fourth-order valence-corrected chi connectivity index (χ4v) is 4.96. The summed E-state index contributed by atoms with van der Waals surface area (Å²) in [7, 11) is 0. The third kappa shape index (κ3) is 10.4. The third-order valence-electron chi connectivity index (χ3n) is 7.49. The van der Waals surface area contributed by atoms with Crippen LogP contribution in [0.3, 0.4) is 0 Å². The first-order valence-electron chi connectivity index (χ1n) is 15.2. The highest BCUT2D eigenvalue weighted by Crippen LogP contribution is 2.16. The van der Waals surface area contributed by atoms with E-state index < -0.39 is 47.8 Å². The van der Waals surface area contributed by atoms with Crippen LogP contribution in [0, 0.1) is 0 Å². The first kappa shape index (κ1) is 33.5. The van der Waals surface area contributed by atoms with E-state index in [-0.39, 0.29) is 31.8 Å². The molecule has 0 spiro atoms. The van der Waals surface area contributed by atoms with Crippen LogP contribution in [0.4, 0.5) is 0 Å². The maximum atomic E-state index is 13.7. The summed E-state index contributed by atoms with van der Waals surface area (Å²) in [6.07, 6.45) is 0.897. The van der Waals surface area contributed by atoms with Gasteiger partial charge in [-0.2, -0.15) is 0 Å². The molecule has 0 unspecified atom stereocenters. The Hall–Kier alpha value is -5.39. The number of ether oxygens (including phenoxy) is 1. The van der Waals surface area contributed by atoms with Gasteiger partial charge in [0.15, 0.2) is 5.96 Å². The molecule has 8 N–H and O–H groups in total. The van der Waals surface area contributed by atoms with Gasteiger partial charge >= 0.3 is 0 Å². The predicted octanol–water partition coefficient (Wildman–Crippen LogP) is 1.08. The zero-order valence-electron chi connectivity index (χ0n) is 25.8. The Kier molecular flexibility index (Phi) is 12.1. The van der Waals surface area contributed by atoms with Crippen molar-refractivity contribution in [2.24, 2.45) is 16.5 Å². The van der Waals surface area contributed by atoms with Crippen molar-refractivity contribution >= 4 is 29.6 Å². The second-order valence-electron chi connectivity index (χ2n) is 11.2. The molecule has 0 saturated carbocycles. The lowest BCUT2D eigenvalue weighted by Gasteiger charge is -2.28. The van der Waals surface area contributed by atoms with Crippen LogP contribution in [-0.4, -0.2) is 60.3 Å². The first-order chi connectivity index (χ1) is 22.2. The number of amides is 4. The Balaban J connectivity index is 1.52. The van der Waals surface area contributed by atoms with Gasteiger partial charge in [0.2, 0.25) is 23.6 Å². The van der Waals surface area contributed by atoms with Crippen molar-refractivity contribution in [3.63, 3.8) is 0 Å². The highest BCUT2D eigenvalue weighted by Gasteiger charge is 2.33. The summed E-state index contributed by atoms with van der Waals surface area (Å²) in [4.78, 5) is 57.8. The zero-order chi connectivity index (χ0) is 32.9. The number of benzene rings is 3. The van der Waals surface area contributed by atoms with E-state index in [0.717, 1.165) is 16.7 Å². The van der Waals surface area contributed by atoms with Crippen LogP contribution in [0.5, 0.6) is 5.75 Å². The summed E-state index contributed by atoms with van der Waals surface area (Å²) in [5.41, 5.74) is 13.5. The molecule has 0 bridgehead atoms. The molecule has 1 fully saturated rings. The molecular formula is C34H41N7O5. The lowest BCUT2D eigenvalue weighted by molar-refractivity contribution is -0.136. The number of hydrogen-bond acceptors (Lipinski definition) is 6. The second kappa shape index (κ2) is 16.6. The molecule has 4 amide bonds. The lowest BCUT2D eigenvalue weighted by Crippen LogP contribution is -2.61. The Bertz CT molecular complexity index is 1500. The number of carbonyl (C=O) groups is 4. The molecule has 242 valence electrons. The van der Waals surface area contributed by atoms with Gasteiger partial charge < -0.3 is 37.5 Å². The molecule has 3 aromatic carbocycles. The number of guanidine groups is 1. The molecule has 0 aliphatic carbocycles. The molecule has 0 aromatic heterocycles. The van der Waals surface area contributed by atoms with Crippen molar-refractivity contribution in [1.82, 2.24) is 21.3 Å². The van der Waals surface area contributed by atoms with E-state index in [1.54, 1.807) is 12.1 Å². The van der Waals surface area contributed by atoms with E-state index in [0.29, 0.717) is 18.8 Å². The molecular weight excluding hydrogens is 586 g/mol. The topological polar surface area (TPSA) is 190 Å². The number of carbonyl (C=O) groups excluding carboxylic acids is 4. The quantitative estimate of drug-likeness (QED) is 0.104. The van der Waals surface area contributed by atoms with Crippen molar-refractivity contribution in [3.8, 4) is 5.75 Å². The van der Waals surface area contributed by atoms with Gasteiger partial charge in [-0.25, -0.2) is 0 Å². The maximum Gasteiger partial charge on any atom is 0.243 e. The summed E-state index contributed by atoms with van der Waals surface area (Å²) in [5, 5.41) is 11.0. The number of nitrogens with two attached hydrogens (primary N) is 2. The smallest absolute Gasteiger partial charge is 0.243 e. The molecule has 1 aliphatic heterocycles. The molecule has 4 rings (SSSR count). The van der Waals surface area contributed by atoms with Gasteiger partial charge in [0, 0.05) is 19.4 Å². The van der Waals surface area contributed by atoms with Gasteiger partial charge in [-0.1, -0.05) is 72.8 Å². The summed E-state index contributed by atoms with van der Waals surface area (Å²) in [6.45, 7) is 2.18. The summed E-state index contributed by atoms with van der Waals surface area (Å²) in [5.74, 6) is -1.57. The Labute approximate surface area is 268 Å². The maximum absolute atomic E-state index is 13.7. The highest BCUT2D eigenvalue weighted by atomic mass is 16.5. The Morgan fingerprint density at radius 2 is 1.15 bits per heavy atom. The van der Waals surface area contributed by atoms with Crippen LogP contribution in [0.15, 0.2) is 89.9 Å². The number of rotatable bonds is 11. The van der Waals surface area contributed by atoms with Gasteiger partial charge in [0.25, 0.3) is 0 Å². The molecule has 1 aliphatic rings. The SMILES string of the molecule is C[C@@H]1NC(=O)[C@H](Cc2ccccc2)NC(=O)[C@H](CCCN=C(N)N)NC(=O)[C@H](Cc2ccc(OCc3ccccc3)cc2)NC1=O. The van der Waals surface area contributed by atoms with Gasteiger partial charge in [-0.3, -0.25) is 24.2 Å². The molecule has 1 saturated heterocycles. The zero-order valence-corrected chi connectivity index (χ0v) is 25.8. The third-order valence-corrected chi connectivity index (χ3v) is 7.49. The van der Waals surface area contributed by atoms with Crippen LogP contribution < -0.4 is 37.5 Å². The molecule has 3 aromatic rings. The Morgan fingerprint density at radius 1 is 0.652 bits per heavy atom. The van der Waals surface area contributed by atoms with Crippen molar-refractivity contribution in [2.75, 3.05) is 6.54 Å². The van der Waals surface area contributed by atoms with E-state index >= 15 is 0 Å². The lowest BCUT2D eigenvalue weighted by atomic mass is 10.0. The van der Waals surface area contributed by atoms with Crippen LogP contribution in [0.2, 0.25) is 0 Å². The minimum Gasteiger partial charge on any atom is -0.489 e. The van der Waals surface area contributed by atoms with Crippen LogP contribution >= 0.6 is 0 Å². The number of aliphatic imine (C=N–C) groups is 1. The molecule has 12 heteroatoms. The summed E-state index contributed by atoms with van der Waals surface area (Å²) < 4.78 is 5.87. The second-order valence-corrected chi connectivity index (χ2v) is 11.2. The molecule has 12 nitrogen and oxygen atoms in total. The number of hydrogen-bond donors (Lipinski definition) is 6. The number of nitrogens with zero attached hydrogens (tertiary/aromatic N) is 1. The highest BCUT2D eigenvalue weighted by molar-refractivity contribution is 5.97. The first-order valence-corrected chi connectivity index (χ1v) is 15.2. The van der Waals surface area contributed by atoms with Gasteiger partial charge in [-0.05, 0) is 48.6 Å². The van der Waals surface area contributed by atoms with Crippen molar-refractivity contribution in [2.45, 2.75) is 63.4 Å². The largest absolute Gasteiger partial charge is 0.489 e. The van der Waals surface area contributed by atoms with Gasteiger partial charge in [0.05, 0.1) is 0 Å². The fraction of sp³-hybridized carbons (Fsp3) is 0.324. The molecule has 1 heterocycles. The average molecular weight is 628 g/mol. The van der Waals surface area contributed by atoms with Crippen molar-refractivity contribution in [1.29, 1.82) is 0 Å². The molecule has 4 atom stereocenters. The standard InChI is InChI=1S/C34H41N7O5/c1-22-30(42)40-29(20-24-14-16-26(17-15-24)46-21-25-11-6-3-7-12-25)33(45)39-27(13-8-18-37-34(35)36)31(43)41-28(32(44)38-22)19-23-9-4-2-5-10-23/h2-7,9-12,14-17,22,27-29H,8,13,18-21H2,1H3,(H,38,44)(H,39,45)(H,40,42)(H,41,43)(H4,35,36,37)/t22-,27-,28-,29-/m0/s1. The van der Waals surface area contributed by atoms with Gasteiger partial charge in [-0.15, -0.1) is 0 Å². The molecule has 0 radical (unpaired) electrons. The predicted molar refractivity (Wildman–Crippen MR) is 174 cm³/mol. The van der Waals surface area contributed by atoms with Crippen molar-refractivity contribution in [3.05, 3.63) is 102 Å². The Morgan fingerprint density at radius 3 is 1.76 bits per heavy atom. The summed E-state index contributed by atoms with van der Waals surface area (Å²) in [6, 6.07) is 22.2. The monoisotopic (exact) mass is 627 g/mol. The minimum absolute atomic E-state index is 0.0832. The van der Waals surface area contributed by atoms with E-state index in [9.17, 15) is 19.2 Å². The van der Waals surface area contributed by atoms with Crippen molar-refractivity contribution < 1.29 is 23.9 Å². The van der Waals surface area contributed by atoms with E-state index in [2.05, 4.69) is 26.3 Å². The summed E-state index contributed by atoms with van der Waals surface area (Å²) >= 11 is 0. The van der Waals surface area contributed by atoms with Crippen LogP contribution in [0.25, 0.3) is 0 Å². The van der Waals surface area contributed by atoms with E-state index in [1.165, 1.54) is 6.92 Å². The number of nitrogens with one attached hydrogen (secondary N) is 4. The fourth-order valence-electron chi connectivity index (χ4n) is 4.96. The molecule has 46 heavy (non-hydrogen) atoms. The minimum atomic E-state index is -1.03. The average Bonchev–Trinajstić information content (AvgIpc) is 3.05.